The third-order valence-corrected chi connectivity index (χ3v) is 2.02. The summed E-state index contributed by atoms with van der Waals surface area (Å²) < 4.78 is 42.4. The highest BCUT2D eigenvalue weighted by Crippen LogP contribution is 2.15. The van der Waals surface area contributed by atoms with Crippen molar-refractivity contribution in [2.75, 3.05) is 6.61 Å². The third kappa shape index (κ3) is 3.08. The number of rotatable bonds is 4. The van der Waals surface area contributed by atoms with Crippen LogP contribution in [0, 0.1) is 5.95 Å². The average molecular weight is 249 g/mol. The normalized spacial score (nSPS) is 10.6. The minimum atomic E-state index is -3.03. The van der Waals surface area contributed by atoms with Crippen LogP contribution in [0.15, 0.2) is 11.0 Å². The molecule has 0 spiro atoms. The van der Waals surface area contributed by atoms with E-state index in [4.69, 9.17) is 0 Å². The number of carbonyl (C=O) groups is 1. The van der Waals surface area contributed by atoms with Gasteiger partial charge in [-0.05, 0) is 6.92 Å². The minimum absolute atomic E-state index is 0.0624. The first-order valence-corrected chi connectivity index (χ1v) is 4.81. The first-order chi connectivity index (χ1) is 7.97. The summed E-state index contributed by atoms with van der Waals surface area (Å²) in [6.07, 6.45) is -3.10. The maximum atomic E-state index is 13.2. The van der Waals surface area contributed by atoms with Crippen LogP contribution >= 0.6 is 0 Å². The molecule has 0 aliphatic carbocycles. The molecule has 1 rings (SSSR count). The van der Waals surface area contributed by atoms with Gasteiger partial charge >= 0.3 is 5.97 Å². The molecule has 17 heavy (non-hydrogen) atoms. The molecule has 0 bridgehead atoms. The Morgan fingerprint density at radius 2 is 2.18 bits per heavy atom. The van der Waals surface area contributed by atoms with Gasteiger partial charge in [0.05, 0.1) is 24.2 Å². The van der Waals surface area contributed by atoms with Gasteiger partial charge in [-0.15, -0.1) is 0 Å². The molecule has 0 atom stereocenters. The smallest absolute Gasteiger partial charge is 0.310 e. The quantitative estimate of drug-likeness (QED) is 0.650. The number of nitrogens with one attached hydrogen (secondary N) is 1. The summed E-state index contributed by atoms with van der Waals surface area (Å²) in [6.45, 7) is 1.60. The van der Waals surface area contributed by atoms with E-state index in [1.54, 1.807) is 0 Å². The predicted molar refractivity (Wildman–Crippen MR) is 52.3 cm³/mol. The molecule has 0 radical (unpaired) electrons. The van der Waals surface area contributed by atoms with Gasteiger partial charge in [0.15, 0.2) is 11.4 Å². The summed E-state index contributed by atoms with van der Waals surface area (Å²) in [5.74, 6) is -1.95. The summed E-state index contributed by atoms with van der Waals surface area (Å²) in [4.78, 5) is 24.4. The van der Waals surface area contributed by atoms with Crippen molar-refractivity contribution in [3.8, 4) is 0 Å². The van der Waals surface area contributed by atoms with Crippen LogP contribution in [0.25, 0.3) is 0 Å². The second kappa shape index (κ2) is 5.51. The fourth-order valence-corrected chi connectivity index (χ4v) is 1.24. The van der Waals surface area contributed by atoms with Crippen molar-refractivity contribution in [3.05, 3.63) is 33.5 Å². The standard InChI is InChI=1S/C10H10F3NO3/c1-2-17-7(15)3-5-8(16)6(9(11)12)4-14-10(5)13/h4,9H,2-3H2,1H3,(H,14,16). The molecular formula is C10H10F3NO3. The largest absolute Gasteiger partial charge is 0.466 e. The molecule has 0 aliphatic rings. The Bertz CT molecular complexity index is 470. The summed E-state index contributed by atoms with van der Waals surface area (Å²) in [6, 6.07) is 0. The number of hydrogen-bond donors (Lipinski definition) is 1. The van der Waals surface area contributed by atoms with Gasteiger partial charge < -0.3 is 9.72 Å². The lowest BCUT2D eigenvalue weighted by Crippen LogP contribution is -2.22. The predicted octanol–water partition coefficient (Wildman–Crippen LogP) is 1.56. The van der Waals surface area contributed by atoms with E-state index in [-0.39, 0.29) is 6.61 Å². The molecule has 4 nitrogen and oxygen atoms in total. The Kier molecular flexibility index (Phi) is 4.30. The molecule has 0 aromatic carbocycles. The molecule has 0 saturated heterocycles. The number of hydrogen-bond acceptors (Lipinski definition) is 3. The van der Waals surface area contributed by atoms with E-state index in [2.05, 4.69) is 4.74 Å². The van der Waals surface area contributed by atoms with Gasteiger partial charge in [-0.3, -0.25) is 9.59 Å². The Hall–Kier alpha value is -1.79. The van der Waals surface area contributed by atoms with Crippen molar-refractivity contribution in [2.45, 2.75) is 19.8 Å². The van der Waals surface area contributed by atoms with Gasteiger partial charge in [-0.1, -0.05) is 0 Å². The number of aromatic amines is 1. The van der Waals surface area contributed by atoms with Gasteiger partial charge in [0.25, 0.3) is 6.43 Å². The Morgan fingerprint density at radius 3 is 2.71 bits per heavy atom. The number of H-pyrrole nitrogens is 1. The first-order valence-electron chi connectivity index (χ1n) is 4.81. The zero-order valence-corrected chi connectivity index (χ0v) is 8.93. The average Bonchev–Trinajstić information content (AvgIpc) is 2.24. The summed E-state index contributed by atoms with van der Waals surface area (Å²) in [5.41, 5.74) is -2.68. The molecule has 1 heterocycles. The SMILES string of the molecule is CCOC(=O)Cc1c(F)[nH]cc(C(F)F)c1=O. The molecule has 7 heteroatoms. The topological polar surface area (TPSA) is 59.2 Å². The monoisotopic (exact) mass is 249 g/mol. The van der Waals surface area contributed by atoms with E-state index in [0.29, 0.717) is 6.20 Å². The number of alkyl halides is 2. The molecule has 0 unspecified atom stereocenters. The van der Waals surface area contributed by atoms with Crippen LogP contribution in [-0.4, -0.2) is 17.6 Å². The van der Waals surface area contributed by atoms with Crippen molar-refractivity contribution >= 4 is 5.97 Å². The van der Waals surface area contributed by atoms with Crippen LogP contribution in [0.1, 0.15) is 24.5 Å². The van der Waals surface area contributed by atoms with E-state index in [0.717, 1.165) is 0 Å². The Balaban J connectivity index is 3.10. The summed E-state index contributed by atoms with van der Waals surface area (Å²) in [7, 11) is 0. The second-order valence-electron chi connectivity index (χ2n) is 3.15. The van der Waals surface area contributed by atoms with Crippen molar-refractivity contribution < 1.29 is 22.7 Å². The van der Waals surface area contributed by atoms with Gasteiger partial charge in [0.2, 0.25) is 0 Å². The lowest BCUT2D eigenvalue weighted by Gasteiger charge is -2.05. The number of pyridine rings is 1. The Morgan fingerprint density at radius 1 is 1.53 bits per heavy atom. The zero-order chi connectivity index (χ0) is 13.0. The van der Waals surface area contributed by atoms with Gasteiger partial charge in [-0.25, -0.2) is 8.78 Å². The van der Waals surface area contributed by atoms with Crippen LogP contribution < -0.4 is 5.43 Å². The van der Waals surface area contributed by atoms with E-state index in [9.17, 15) is 22.8 Å². The van der Waals surface area contributed by atoms with Crippen molar-refractivity contribution in [1.82, 2.24) is 4.98 Å². The molecule has 0 saturated carbocycles. The first kappa shape index (κ1) is 13.3. The highest BCUT2D eigenvalue weighted by atomic mass is 19.3. The lowest BCUT2D eigenvalue weighted by molar-refractivity contribution is -0.142. The van der Waals surface area contributed by atoms with Crippen molar-refractivity contribution in [2.24, 2.45) is 0 Å². The summed E-state index contributed by atoms with van der Waals surface area (Å²) >= 11 is 0. The van der Waals surface area contributed by atoms with Crippen LogP contribution in [0.5, 0.6) is 0 Å². The molecule has 0 aliphatic heterocycles. The van der Waals surface area contributed by atoms with Crippen LogP contribution in [0.4, 0.5) is 13.2 Å². The van der Waals surface area contributed by atoms with Crippen molar-refractivity contribution in [3.63, 3.8) is 0 Å². The maximum Gasteiger partial charge on any atom is 0.310 e. The molecule has 0 fully saturated rings. The fraction of sp³-hybridized carbons (Fsp3) is 0.400. The zero-order valence-electron chi connectivity index (χ0n) is 8.93. The van der Waals surface area contributed by atoms with Crippen LogP contribution in [0.3, 0.4) is 0 Å². The summed E-state index contributed by atoms with van der Waals surface area (Å²) in [5, 5.41) is 0. The number of ether oxygens (including phenoxy) is 1. The minimum Gasteiger partial charge on any atom is -0.466 e. The molecule has 1 aromatic heterocycles. The second-order valence-corrected chi connectivity index (χ2v) is 3.15. The maximum absolute atomic E-state index is 13.2. The molecule has 94 valence electrons. The molecule has 1 N–H and O–H groups in total. The van der Waals surface area contributed by atoms with Gasteiger partial charge in [0, 0.05) is 6.20 Å². The van der Waals surface area contributed by atoms with Crippen molar-refractivity contribution in [1.29, 1.82) is 0 Å². The fourth-order valence-electron chi connectivity index (χ4n) is 1.24. The number of carbonyl (C=O) groups excluding carboxylic acids is 1. The molecular weight excluding hydrogens is 239 g/mol. The van der Waals surface area contributed by atoms with Crippen LogP contribution in [-0.2, 0) is 16.0 Å². The number of halogens is 3. The Labute approximate surface area is 94.4 Å². The number of aromatic nitrogens is 1. The van der Waals surface area contributed by atoms with Crippen LogP contribution in [0.2, 0.25) is 0 Å². The molecule has 0 amide bonds. The van der Waals surface area contributed by atoms with Gasteiger partial charge in [0.1, 0.15) is 0 Å². The third-order valence-electron chi connectivity index (χ3n) is 2.02. The van der Waals surface area contributed by atoms with E-state index in [1.165, 1.54) is 6.92 Å². The molecule has 1 aromatic rings. The van der Waals surface area contributed by atoms with Gasteiger partial charge in [-0.2, -0.15) is 4.39 Å². The highest BCUT2D eigenvalue weighted by Gasteiger charge is 2.20. The van der Waals surface area contributed by atoms with E-state index >= 15 is 0 Å². The number of esters is 1. The lowest BCUT2D eigenvalue weighted by atomic mass is 10.1. The van der Waals surface area contributed by atoms with E-state index < -0.39 is 41.3 Å². The van der Waals surface area contributed by atoms with E-state index in [1.807, 2.05) is 4.98 Å². The highest BCUT2D eigenvalue weighted by molar-refractivity contribution is 5.72.